The Kier molecular flexibility index (Phi) is 6.62. The van der Waals surface area contributed by atoms with E-state index < -0.39 is 0 Å². The molecule has 1 atom stereocenters. The minimum absolute atomic E-state index is 0.0281. The second-order valence-corrected chi connectivity index (χ2v) is 8.03. The zero-order valence-electron chi connectivity index (χ0n) is 18.1. The predicted molar refractivity (Wildman–Crippen MR) is 119 cm³/mol. The molecule has 3 aromatic rings. The summed E-state index contributed by atoms with van der Waals surface area (Å²) < 4.78 is 7.69. The third-order valence-corrected chi connectivity index (χ3v) is 5.55. The van der Waals surface area contributed by atoms with Gasteiger partial charge in [-0.25, -0.2) is 0 Å². The summed E-state index contributed by atoms with van der Waals surface area (Å²) in [6, 6.07) is 17.8. The lowest BCUT2D eigenvalue weighted by molar-refractivity contribution is -0.123. The van der Waals surface area contributed by atoms with Gasteiger partial charge in [0, 0.05) is 32.6 Å². The second-order valence-electron chi connectivity index (χ2n) is 8.03. The summed E-state index contributed by atoms with van der Waals surface area (Å²) in [4.78, 5) is 14.8. The Morgan fingerprint density at radius 1 is 1.06 bits per heavy atom. The molecular formula is C24H29N5O2. The molecule has 2 heterocycles. The van der Waals surface area contributed by atoms with E-state index >= 15 is 0 Å². The van der Waals surface area contributed by atoms with E-state index in [9.17, 15) is 4.79 Å². The van der Waals surface area contributed by atoms with Crippen LogP contribution in [0.2, 0.25) is 0 Å². The van der Waals surface area contributed by atoms with Crippen LogP contribution in [0.1, 0.15) is 35.7 Å². The minimum Gasteiger partial charge on any atom is -0.484 e. The number of benzene rings is 2. The minimum atomic E-state index is -0.239. The number of hydrogen-bond acceptors (Lipinski definition) is 5. The average molecular weight is 420 g/mol. The molecule has 1 N–H and O–H groups in total. The third kappa shape index (κ3) is 5.49. The normalized spacial score (nSPS) is 15.0. The molecule has 7 heteroatoms. The van der Waals surface area contributed by atoms with Gasteiger partial charge in [-0.3, -0.25) is 9.69 Å². The molecule has 0 saturated carbocycles. The number of amides is 1. The van der Waals surface area contributed by atoms with Gasteiger partial charge >= 0.3 is 0 Å². The van der Waals surface area contributed by atoms with Gasteiger partial charge in [-0.2, -0.15) is 0 Å². The SMILES string of the molecule is Cc1ccc(CN2CCc3nnc(C(C)NC(=O)COc4ccccc4)n3CC2)cc1. The molecule has 2 aromatic carbocycles. The lowest BCUT2D eigenvalue weighted by Gasteiger charge is -2.20. The van der Waals surface area contributed by atoms with Crippen molar-refractivity contribution in [1.29, 1.82) is 0 Å². The molecule has 1 unspecified atom stereocenters. The lowest BCUT2D eigenvalue weighted by Crippen LogP contribution is -2.33. The standard InChI is InChI=1S/C24H29N5O2/c1-18-8-10-20(11-9-18)16-28-13-12-22-26-27-24(29(22)15-14-28)19(2)25-23(30)17-31-21-6-4-3-5-7-21/h3-11,19H,12-17H2,1-2H3,(H,25,30). The van der Waals surface area contributed by atoms with E-state index in [0.29, 0.717) is 5.75 Å². The van der Waals surface area contributed by atoms with Crippen molar-refractivity contribution in [3.05, 3.63) is 77.4 Å². The van der Waals surface area contributed by atoms with Crippen molar-refractivity contribution in [2.75, 3.05) is 19.7 Å². The van der Waals surface area contributed by atoms with Gasteiger partial charge in [-0.05, 0) is 31.5 Å². The number of aryl methyl sites for hydroxylation is 1. The van der Waals surface area contributed by atoms with E-state index in [2.05, 4.69) is 56.2 Å². The van der Waals surface area contributed by atoms with Gasteiger partial charge in [-0.1, -0.05) is 48.0 Å². The molecule has 0 saturated heterocycles. The fraction of sp³-hybridized carbons (Fsp3) is 0.375. The summed E-state index contributed by atoms with van der Waals surface area (Å²) in [5.74, 6) is 2.27. The average Bonchev–Trinajstić information content (AvgIpc) is 3.09. The van der Waals surface area contributed by atoms with Crippen LogP contribution in [0.5, 0.6) is 5.75 Å². The number of fused-ring (bicyclic) bond motifs is 1. The van der Waals surface area contributed by atoms with Crippen molar-refractivity contribution < 1.29 is 9.53 Å². The maximum absolute atomic E-state index is 12.3. The summed E-state index contributed by atoms with van der Waals surface area (Å²) in [6.45, 7) is 7.62. The molecule has 7 nitrogen and oxygen atoms in total. The van der Waals surface area contributed by atoms with Crippen molar-refractivity contribution in [3.63, 3.8) is 0 Å². The van der Waals surface area contributed by atoms with E-state index in [4.69, 9.17) is 4.74 Å². The number of hydrogen-bond donors (Lipinski definition) is 1. The Labute approximate surface area is 183 Å². The number of aromatic nitrogens is 3. The quantitative estimate of drug-likeness (QED) is 0.638. The van der Waals surface area contributed by atoms with Crippen LogP contribution in [0.25, 0.3) is 0 Å². The van der Waals surface area contributed by atoms with Crippen LogP contribution in [0, 0.1) is 6.92 Å². The monoisotopic (exact) mass is 419 g/mol. The highest BCUT2D eigenvalue weighted by Crippen LogP contribution is 2.17. The first kappa shape index (κ1) is 21.1. The van der Waals surface area contributed by atoms with Crippen LogP contribution in [0.4, 0.5) is 0 Å². The molecule has 0 aliphatic carbocycles. The van der Waals surface area contributed by atoms with Crippen molar-refractivity contribution in [3.8, 4) is 5.75 Å². The molecule has 0 spiro atoms. The molecule has 1 aromatic heterocycles. The second kappa shape index (κ2) is 9.75. The summed E-state index contributed by atoms with van der Waals surface area (Å²) in [5, 5.41) is 11.7. The van der Waals surface area contributed by atoms with Crippen LogP contribution in [0.3, 0.4) is 0 Å². The van der Waals surface area contributed by atoms with Crippen LogP contribution < -0.4 is 10.1 Å². The zero-order chi connectivity index (χ0) is 21.6. The molecule has 1 amide bonds. The Bertz CT molecular complexity index is 1000. The number of para-hydroxylation sites is 1. The molecule has 162 valence electrons. The highest BCUT2D eigenvalue weighted by molar-refractivity contribution is 5.77. The number of rotatable bonds is 7. The zero-order valence-corrected chi connectivity index (χ0v) is 18.1. The van der Waals surface area contributed by atoms with Crippen molar-refractivity contribution in [2.24, 2.45) is 0 Å². The first-order valence-corrected chi connectivity index (χ1v) is 10.8. The molecule has 0 fully saturated rings. The molecule has 1 aliphatic rings. The van der Waals surface area contributed by atoms with E-state index in [1.54, 1.807) is 0 Å². The fourth-order valence-electron chi connectivity index (χ4n) is 3.83. The Morgan fingerprint density at radius 3 is 2.61 bits per heavy atom. The van der Waals surface area contributed by atoms with Gasteiger partial charge in [0.25, 0.3) is 5.91 Å². The van der Waals surface area contributed by atoms with Gasteiger partial charge in [-0.15, -0.1) is 10.2 Å². The molecule has 0 radical (unpaired) electrons. The largest absolute Gasteiger partial charge is 0.484 e. The molecule has 31 heavy (non-hydrogen) atoms. The van der Waals surface area contributed by atoms with Crippen LogP contribution in [-0.4, -0.2) is 45.3 Å². The Morgan fingerprint density at radius 2 is 1.84 bits per heavy atom. The maximum atomic E-state index is 12.3. The number of carbonyl (C=O) groups excluding carboxylic acids is 1. The maximum Gasteiger partial charge on any atom is 0.258 e. The molecule has 1 aliphatic heterocycles. The van der Waals surface area contributed by atoms with Gasteiger partial charge in [0.1, 0.15) is 11.6 Å². The van der Waals surface area contributed by atoms with Crippen LogP contribution in [0.15, 0.2) is 54.6 Å². The van der Waals surface area contributed by atoms with Crippen molar-refractivity contribution in [2.45, 2.75) is 39.4 Å². The Hall–Kier alpha value is -3.19. The summed E-state index contributed by atoms with van der Waals surface area (Å²) in [6.07, 6.45) is 0.844. The molecular weight excluding hydrogens is 390 g/mol. The fourth-order valence-corrected chi connectivity index (χ4v) is 3.83. The smallest absolute Gasteiger partial charge is 0.258 e. The Balaban J connectivity index is 1.33. The molecule has 0 bridgehead atoms. The number of nitrogens with one attached hydrogen (secondary N) is 1. The number of carbonyl (C=O) groups is 1. The van der Waals surface area contributed by atoms with E-state index in [1.165, 1.54) is 11.1 Å². The number of ether oxygens (including phenoxy) is 1. The van der Waals surface area contributed by atoms with Gasteiger partial charge < -0.3 is 14.6 Å². The van der Waals surface area contributed by atoms with Gasteiger partial charge in [0.2, 0.25) is 0 Å². The van der Waals surface area contributed by atoms with Crippen LogP contribution >= 0.6 is 0 Å². The number of nitrogens with zero attached hydrogens (tertiary/aromatic N) is 4. The lowest BCUT2D eigenvalue weighted by atomic mass is 10.1. The summed E-state index contributed by atoms with van der Waals surface area (Å²) in [5.41, 5.74) is 2.60. The predicted octanol–water partition coefficient (Wildman–Crippen LogP) is 2.90. The van der Waals surface area contributed by atoms with Crippen molar-refractivity contribution in [1.82, 2.24) is 25.0 Å². The summed E-state index contributed by atoms with van der Waals surface area (Å²) >= 11 is 0. The first-order chi connectivity index (χ1) is 15.1. The van der Waals surface area contributed by atoms with Crippen LogP contribution in [-0.2, 0) is 24.3 Å². The van der Waals surface area contributed by atoms with E-state index in [0.717, 1.165) is 44.2 Å². The van der Waals surface area contributed by atoms with E-state index in [1.807, 2.05) is 37.3 Å². The van der Waals surface area contributed by atoms with Crippen molar-refractivity contribution >= 4 is 5.91 Å². The third-order valence-electron chi connectivity index (χ3n) is 5.55. The topological polar surface area (TPSA) is 72.3 Å². The summed E-state index contributed by atoms with van der Waals surface area (Å²) in [7, 11) is 0. The molecule has 4 rings (SSSR count). The van der Waals surface area contributed by atoms with Gasteiger partial charge in [0.15, 0.2) is 12.4 Å². The first-order valence-electron chi connectivity index (χ1n) is 10.8. The highest BCUT2D eigenvalue weighted by atomic mass is 16.5. The van der Waals surface area contributed by atoms with Gasteiger partial charge in [0.05, 0.1) is 6.04 Å². The van der Waals surface area contributed by atoms with E-state index in [-0.39, 0.29) is 18.6 Å². The highest BCUT2D eigenvalue weighted by Gasteiger charge is 2.23.